The van der Waals surface area contributed by atoms with Gasteiger partial charge in [-0.1, -0.05) is 12.2 Å². The summed E-state index contributed by atoms with van der Waals surface area (Å²) in [4.78, 5) is 23.1. The summed E-state index contributed by atoms with van der Waals surface area (Å²) in [6.45, 7) is 6.89. The molecule has 0 saturated heterocycles. The van der Waals surface area contributed by atoms with Crippen LogP contribution in [-0.2, 0) is 9.59 Å². The average Bonchev–Trinajstić information content (AvgIpc) is 2.47. The molecule has 0 unspecified atom stereocenters. The van der Waals surface area contributed by atoms with Gasteiger partial charge in [0.25, 0.3) is 0 Å². The van der Waals surface area contributed by atoms with Crippen molar-refractivity contribution in [1.82, 2.24) is 0 Å². The van der Waals surface area contributed by atoms with Crippen LogP contribution in [0.2, 0.25) is 0 Å². The highest BCUT2D eigenvalue weighted by Gasteiger charge is 2.08. The number of hydrogen-bond acceptors (Lipinski definition) is 4. The Hall–Kier alpha value is -2.36. The summed E-state index contributed by atoms with van der Waals surface area (Å²) in [6, 6.07) is 6.31. The zero-order valence-electron chi connectivity index (χ0n) is 12.1. The molecule has 0 fully saturated rings. The average molecular weight is 274 g/mol. The van der Waals surface area contributed by atoms with Crippen molar-refractivity contribution < 1.29 is 19.1 Å². The second-order valence-electron chi connectivity index (χ2n) is 4.19. The van der Waals surface area contributed by atoms with Crippen molar-refractivity contribution in [3.8, 4) is 11.5 Å². The van der Waals surface area contributed by atoms with Gasteiger partial charge in [-0.25, -0.2) is 9.59 Å². The van der Waals surface area contributed by atoms with Crippen LogP contribution in [0.3, 0.4) is 0 Å². The Morgan fingerprint density at radius 3 is 1.35 bits per heavy atom. The Kier molecular flexibility index (Phi) is 5.72. The maximum absolute atomic E-state index is 11.6. The molecular weight excluding hydrogens is 256 g/mol. The van der Waals surface area contributed by atoms with E-state index in [2.05, 4.69) is 0 Å². The second kappa shape index (κ2) is 7.28. The van der Waals surface area contributed by atoms with E-state index in [0.717, 1.165) is 0 Å². The lowest BCUT2D eigenvalue weighted by molar-refractivity contribution is -0.131. The Morgan fingerprint density at radius 2 is 1.10 bits per heavy atom. The number of rotatable bonds is 4. The van der Waals surface area contributed by atoms with Gasteiger partial charge in [0.15, 0.2) is 0 Å². The largest absolute Gasteiger partial charge is 0.423 e. The molecule has 4 nitrogen and oxygen atoms in total. The van der Waals surface area contributed by atoms with Crippen molar-refractivity contribution in [2.75, 3.05) is 0 Å². The van der Waals surface area contributed by atoms with Gasteiger partial charge < -0.3 is 9.47 Å². The SMILES string of the molecule is C/C=C(\C)C(=O)Oc1ccc(OC(=O)/C(C)=C/C)cc1. The third-order valence-electron chi connectivity index (χ3n) is 2.75. The monoisotopic (exact) mass is 274 g/mol. The zero-order valence-corrected chi connectivity index (χ0v) is 12.1. The summed E-state index contributed by atoms with van der Waals surface area (Å²) in [5.41, 5.74) is 1.06. The minimum Gasteiger partial charge on any atom is -0.423 e. The van der Waals surface area contributed by atoms with E-state index in [1.807, 2.05) is 0 Å². The number of hydrogen-bond donors (Lipinski definition) is 0. The molecule has 4 heteroatoms. The molecule has 106 valence electrons. The van der Waals surface area contributed by atoms with E-state index < -0.39 is 11.9 Å². The summed E-state index contributed by atoms with van der Waals surface area (Å²) >= 11 is 0. The van der Waals surface area contributed by atoms with Crippen LogP contribution in [-0.4, -0.2) is 11.9 Å². The fourth-order valence-corrected chi connectivity index (χ4v) is 1.19. The van der Waals surface area contributed by atoms with Gasteiger partial charge in [0.2, 0.25) is 0 Å². The third kappa shape index (κ3) is 4.39. The third-order valence-corrected chi connectivity index (χ3v) is 2.75. The normalized spacial score (nSPS) is 12.0. The number of carbonyl (C=O) groups is 2. The maximum Gasteiger partial charge on any atom is 0.338 e. The van der Waals surface area contributed by atoms with Crippen molar-refractivity contribution >= 4 is 11.9 Å². The summed E-state index contributed by atoms with van der Waals surface area (Å²) in [5, 5.41) is 0. The lowest BCUT2D eigenvalue weighted by Crippen LogP contribution is -2.10. The van der Waals surface area contributed by atoms with Gasteiger partial charge in [0, 0.05) is 11.1 Å². The van der Waals surface area contributed by atoms with E-state index in [1.54, 1.807) is 64.1 Å². The molecule has 0 radical (unpaired) electrons. The van der Waals surface area contributed by atoms with Crippen molar-refractivity contribution in [1.29, 1.82) is 0 Å². The standard InChI is InChI=1S/C16H18O4/c1-5-11(3)15(17)19-13-7-9-14(10-8-13)20-16(18)12(4)6-2/h5-10H,1-4H3/b11-5+,12-6+. The number of benzene rings is 1. The lowest BCUT2D eigenvalue weighted by Gasteiger charge is -2.06. The van der Waals surface area contributed by atoms with Crippen molar-refractivity contribution in [3.63, 3.8) is 0 Å². The summed E-state index contributed by atoms with van der Waals surface area (Å²) in [7, 11) is 0. The van der Waals surface area contributed by atoms with E-state index in [-0.39, 0.29) is 0 Å². The zero-order chi connectivity index (χ0) is 15.1. The van der Waals surface area contributed by atoms with Crippen LogP contribution in [0.25, 0.3) is 0 Å². The highest BCUT2D eigenvalue weighted by Crippen LogP contribution is 2.19. The van der Waals surface area contributed by atoms with Crippen LogP contribution in [0.15, 0.2) is 47.6 Å². The predicted octanol–water partition coefficient (Wildman–Crippen LogP) is 3.43. The minimum atomic E-state index is -0.401. The first-order valence-electron chi connectivity index (χ1n) is 6.28. The number of allylic oxidation sites excluding steroid dienone is 2. The molecule has 1 aromatic rings. The quantitative estimate of drug-likeness (QED) is 0.479. The lowest BCUT2D eigenvalue weighted by atomic mass is 10.3. The van der Waals surface area contributed by atoms with E-state index in [4.69, 9.17) is 9.47 Å². The molecule has 0 aliphatic carbocycles. The Bertz CT molecular complexity index is 499. The van der Waals surface area contributed by atoms with Crippen molar-refractivity contribution in [2.24, 2.45) is 0 Å². The van der Waals surface area contributed by atoms with Crippen molar-refractivity contribution in [2.45, 2.75) is 27.7 Å². The Labute approximate surface area is 118 Å². The van der Waals surface area contributed by atoms with Crippen LogP contribution in [0.1, 0.15) is 27.7 Å². The van der Waals surface area contributed by atoms with Crippen LogP contribution in [0.5, 0.6) is 11.5 Å². The van der Waals surface area contributed by atoms with Crippen LogP contribution < -0.4 is 9.47 Å². The molecule has 0 bridgehead atoms. The predicted molar refractivity (Wildman–Crippen MR) is 76.6 cm³/mol. The Balaban J connectivity index is 2.70. The molecule has 0 spiro atoms. The van der Waals surface area contributed by atoms with Gasteiger partial charge in [0.05, 0.1) is 0 Å². The number of ether oxygens (including phenoxy) is 2. The van der Waals surface area contributed by atoms with Gasteiger partial charge in [-0.05, 0) is 52.0 Å². The van der Waals surface area contributed by atoms with E-state index in [0.29, 0.717) is 22.6 Å². The number of esters is 2. The van der Waals surface area contributed by atoms with Gasteiger partial charge >= 0.3 is 11.9 Å². The first-order valence-corrected chi connectivity index (χ1v) is 6.28. The molecule has 1 rings (SSSR count). The highest BCUT2D eigenvalue weighted by molar-refractivity contribution is 5.90. The Morgan fingerprint density at radius 1 is 0.800 bits per heavy atom. The van der Waals surface area contributed by atoms with Gasteiger partial charge in [-0.3, -0.25) is 0 Å². The molecular formula is C16H18O4. The number of carbonyl (C=O) groups excluding carboxylic acids is 2. The topological polar surface area (TPSA) is 52.6 Å². The summed E-state index contributed by atoms with van der Waals surface area (Å²) < 4.78 is 10.3. The van der Waals surface area contributed by atoms with Gasteiger partial charge in [-0.2, -0.15) is 0 Å². The molecule has 0 aliphatic heterocycles. The molecule has 0 N–H and O–H groups in total. The van der Waals surface area contributed by atoms with Gasteiger partial charge in [0.1, 0.15) is 11.5 Å². The van der Waals surface area contributed by atoms with Gasteiger partial charge in [-0.15, -0.1) is 0 Å². The van der Waals surface area contributed by atoms with Crippen LogP contribution >= 0.6 is 0 Å². The van der Waals surface area contributed by atoms with Crippen LogP contribution in [0.4, 0.5) is 0 Å². The second-order valence-corrected chi connectivity index (χ2v) is 4.19. The molecule has 20 heavy (non-hydrogen) atoms. The van der Waals surface area contributed by atoms with Crippen molar-refractivity contribution in [3.05, 3.63) is 47.6 Å². The van der Waals surface area contributed by atoms with E-state index in [9.17, 15) is 9.59 Å². The smallest absolute Gasteiger partial charge is 0.338 e. The van der Waals surface area contributed by atoms with E-state index >= 15 is 0 Å². The van der Waals surface area contributed by atoms with Crippen LogP contribution in [0, 0.1) is 0 Å². The fraction of sp³-hybridized carbons (Fsp3) is 0.250. The fourth-order valence-electron chi connectivity index (χ4n) is 1.19. The molecule has 0 amide bonds. The highest BCUT2D eigenvalue weighted by atomic mass is 16.5. The maximum atomic E-state index is 11.6. The molecule has 0 atom stereocenters. The molecule has 0 saturated carbocycles. The first kappa shape index (κ1) is 15.7. The minimum absolute atomic E-state index is 0.401. The van der Waals surface area contributed by atoms with E-state index in [1.165, 1.54) is 0 Å². The first-order chi connectivity index (χ1) is 9.47. The molecule has 0 heterocycles. The summed E-state index contributed by atoms with van der Waals surface area (Å²) in [6.07, 6.45) is 3.36. The molecule has 0 aromatic heterocycles. The molecule has 0 aliphatic rings. The summed E-state index contributed by atoms with van der Waals surface area (Å²) in [5.74, 6) is 0.00141. The molecule has 1 aromatic carbocycles.